The zero-order valence-electron chi connectivity index (χ0n) is 12.0. The van der Waals surface area contributed by atoms with E-state index in [0.717, 1.165) is 10.6 Å². The molecule has 0 radical (unpaired) electrons. The molecule has 2 aromatic rings. The second kappa shape index (κ2) is 7.74. The van der Waals surface area contributed by atoms with Gasteiger partial charge in [0, 0.05) is 18.4 Å². The first-order valence-electron chi connectivity index (χ1n) is 7.03. The van der Waals surface area contributed by atoms with Crippen LogP contribution >= 0.6 is 11.3 Å². The minimum absolute atomic E-state index is 0.128. The lowest BCUT2D eigenvalue weighted by atomic mass is 10.1. The zero-order chi connectivity index (χ0) is 15.1. The van der Waals surface area contributed by atoms with Crippen molar-refractivity contribution in [3.8, 4) is 5.75 Å². The van der Waals surface area contributed by atoms with Gasteiger partial charge >= 0.3 is 0 Å². The number of rotatable bonds is 8. The van der Waals surface area contributed by atoms with Gasteiger partial charge in [0.1, 0.15) is 5.75 Å². The zero-order valence-corrected chi connectivity index (χ0v) is 12.8. The normalized spacial score (nSPS) is 10.3. The highest BCUT2D eigenvalue weighted by Crippen LogP contribution is 2.15. The van der Waals surface area contributed by atoms with Crippen LogP contribution in [0.2, 0.25) is 0 Å². The van der Waals surface area contributed by atoms with Gasteiger partial charge in [-0.2, -0.15) is 0 Å². The van der Waals surface area contributed by atoms with Crippen LogP contribution in [0.3, 0.4) is 0 Å². The molecule has 0 aliphatic heterocycles. The van der Waals surface area contributed by atoms with Gasteiger partial charge in [0.2, 0.25) is 0 Å². The maximum atomic E-state index is 11.8. The van der Waals surface area contributed by atoms with Crippen LogP contribution in [0.15, 0.2) is 41.8 Å². The average molecular weight is 302 g/mol. The first kappa shape index (κ1) is 15.4. The minimum Gasteiger partial charge on any atom is -0.494 e. The molecule has 0 unspecified atom stereocenters. The Hall–Kier alpha value is -1.94. The van der Waals surface area contributed by atoms with Gasteiger partial charge in [-0.3, -0.25) is 9.59 Å². The Bertz CT molecular complexity index is 585. The van der Waals surface area contributed by atoms with Crippen LogP contribution in [0.4, 0.5) is 0 Å². The van der Waals surface area contributed by atoms with Gasteiger partial charge in [-0.15, -0.1) is 11.3 Å². The molecule has 110 valence electrons. The molecular formula is C17H18O3S. The summed E-state index contributed by atoms with van der Waals surface area (Å²) in [4.78, 5) is 24.1. The molecule has 1 aromatic carbocycles. The number of carbonyl (C=O) groups excluding carboxylic acids is 2. The van der Waals surface area contributed by atoms with E-state index in [1.807, 2.05) is 24.4 Å². The summed E-state index contributed by atoms with van der Waals surface area (Å²) in [5, 5.41) is 1.91. The van der Waals surface area contributed by atoms with Crippen LogP contribution in [-0.2, 0) is 0 Å². The first-order valence-corrected chi connectivity index (χ1v) is 7.91. The molecule has 0 atom stereocenters. The summed E-state index contributed by atoms with van der Waals surface area (Å²) in [6, 6.07) is 10.9. The molecule has 0 fully saturated rings. The molecule has 0 saturated carbocycles. The second-order valence-electron chi connectivity index (χ2n) is 4.65. The van der Waals surface area contributed by atoms with E-state index in [0.29, 0.717) is 31.4 Å². The molecule has 0 N–H and O–H groups in total. The van der Waals surface area contributed by atoms with Crippen molar-refractivity contribution in [2.24, 2.45) is 0 Å². The predicted molar refractivity (Wildman–Crippen MR) is 84.4 cm³/mol. The van der Waals surface area contributed by atoms with E-state index in [1.54, 1.807) is 24.3 Å². The minimum atomic E-state index is 0.128. The summed E-state index contributed by atoms with van der Waals surface area (Å²) >= 11 is 1.47. The summed E-state index contributed by atoms with van der Waals surface area (Å²) in [5.74, 6) is 1.02. The number of Topliss-reactive ketones (excluding diaryl/α,β-unsaturated/α-hetero) is 2. The number of hydrogen-bond acceptors (Lipinski definition) is 4. The van der Waals surface area contributed by atoms with Gasteiger partial charge < -0.3 is 4.74 Å². The topological polar surface area (TPSA) is 43.4 Å². The quantitative estimate of drug-likeness (QED) is 0.537. The van der Waals surface area contributed by atoms with Gasteiger partial charge in [0.25, 0.3) is 0 Å². The van der Waals surface area contributed by atoms with Gasteiger partial charge in [-0.1, -0.05) is 13.0 Å². The number of benzene rings is 1. The molecule has 21 heavy (non-hydrogen) atoms. The van der Waals surface area contributed by atoms with Crippen molar-refractivity contribution in [2.45, 2.75) is 26.2 Å². The van der Waals surface area contributed by atoms with Crippen molar-refractivity contribution in [2.75, 3.05) is 6.61 Å². The van der Waals surface area contributed by atoms with Crippen molar-refractivity contribution in [3.63, 3.8) is 0 Å². The van der Waals surface area contributed by atoms with Crippen LogP contribution in [0.1, 0.15) is 46.2 Å². The predicted octanol–water partition coefficient (Wildman–Crippen LogP) is 4.38. The molecular weight excluding hydrogens is 284 g/mol. The van der Waals surface area contributed by atoms with Crippen molar-refractivity contribution < 1.29 is 14.3 Å². The summed E-state index contributed by atoms with van der Waals surface area (Å²) in [6.45, 7) is 2.34. The monoisotopic (exact) mass is 302 g/mol. The molecule has 3 nitrogen and oxygen atoms in total. The Kier molecular flexibility index (Phi) is 5.69. The molecule has 0 bridgehead atoms. The molecule has 0 aliphatic carbocycles. The molecule has 0 saturated heterocycles. The standard InChI is InChI=1S/C17H18O3S/c1-2-15(18)13-7-9-14(10-8-13)20-11-3-5-16(19)17-6-4-12-21-17/h4,6-10,12H,2-3,5,11H2,1H3. The third kappa shape index (κ3) is 4.53. The van der Waals surface area contributed by atoms with Crippen molar-refractivity contribution in [3.05, 3.63) is 52.2 Å². The largest absolute Gasteiger partial charge is 0.494 e. The van der Waals surface area contributed by atoms with Crippen molar-refractivity contribution in [1.29, 1.82) is 0 Å². The van der Waals surface area contributed by atoms with E-state index in [2.05, 4.69) is 0 Å². The molecule has 4 heteroatoms. The lowest BCUT2D eigenvalue weighted by Crippen LogP contribution is -2.03. The third-order valence-electron chi connectivity index (χ3n) is 3.11. The molecule has 0 amide bonds. The lowest BCUT2D eigenvalue weighted by Gasteiger charge is -2.06. The lowest BCUT2D eigenvalue weighted by molar-refractivity contribution is 0.0972. The fourth-order valence-corrected chi connectivity index (χ4v) is 2.62. The first-order chi connectivity index (χ1) is 10.2. The summed E-state index contributed by atoms with van der Waals surface area (Å²) in [5.41, 5.74) is 0.706. The SMILES string of the molecule is CCC(=O)c1ccc(OCCCC(=O)c2cccs2)cc1. The van der Waals surface area contributed by atoms with E-state index < -0.39 is 0 Å². The van der Waals surface area contributed by atoms with Crippen molar-refractivity contribution in [1.82, 2.24) is 0 Å². The molecule has 0 aliphatic rings. The van der Waals surface area contributed by atoms with Gasteiger partial charge in [0.15, 0.2) is 11.6 Å². The maximum Gasteiger partial charge on any atom is 0.172 e. The molecule has 2 rings (SSSR count). The van der Waals surface area contributed by atoms with Crippen LogP contribution in [-0.4, -0.2) is 18.2 Å². The highest BCUT2D eigenvalue weighted by molar-refractivity contribution is 7.12. The Morgan fingerprint density at radius 2 is 1.86 bits per heavy atom. The Balaban J connectivity index is 1.73. The van der Waals surface area contributed by atoms with E-state index in [1.165, 1.54) is 11.3 Å². The number of carbonyl (C=O) groups is 2. The Morgan fingerprint density at radius 1 is 1.10 bits per heavy atom. The van der Waals surface area contributed by atoms with E-state index in [9.17, 15) is 9.59 Å². The Labute approximate surface area is 128 Å². The molecule has 1 heterocycles. The molecule has 0 spiro atoms. The van der Waals surface area contributed by atoms with Crippen LogP contribution in [0, 0.1) is 0 Å². The maximum absolute atomic E-state index is 11.8. The summed E-state index contributed by atoms with van der Waals surface area (Å²) in [7, 11) is 0. The average Bonchev–Trinajstić information content (AvgIpc) is 3.05. The van der Waals surface area contributed by atoms with E-state index in [-0.39, 0.29) is 11.6 Å². The van der Waals surface area contributed by atoms with E-state index >= 15 is 0 Å². The fraction of sp³-hybridized carbons (Fsp3) is 0.294. The van der Waals surface area contributed by atoms with Gasteiger partial charge in [-0.05, 0) is 42.1 Å². The number of hydrogen-bond donors (Lipinski definition) is 0. The van der Waals surface area contributed by atoms with Crippen LogP contribution < -0.4 is 4.74 Å². The third-order valence-corrected chi connectivity index (χ3v) is 4.02. The smallest absolute Gasteiger partial charge is 0.172 e. The number of thiophene rings is 1. The van der Waals surface area contributed by atoms with Crippen molar-refractivity contribution >= 4 is 22.9 Å². The van der Waals surface area contributed by atoms with Gasteiger partial charge in [-0.25, -0.2) is 0 Å². The second-order valence-corrected chi connectivity index (χ2v) is 5.60. The highest BCUT2D eigenvalue weighted by Gasteiger charge is 2.06. The fourth-order valence-electron chi connectivity index (χ4n) is 1.92. The number of ketones is 2. The van der Waals surface area contributed by atoms with Crippen LogP contribution in [0.25, 0.3) is 0 Å². The van der Waals surface area contributed by atoms with Crippen LogP contribution in [0.5, 0.6) is 5.75 Å². The summed E-state index contributed by atoms with van der Waals surface area (Å²) in [6.07, 6.45) is 1.68. The molecule has 1 aromatic heterocycles. The Morgan fingerprint density at radius 3 is 2.48 bits per heavy atom. The van der Waals surface area contributed by atoms with E-state index in [4.69, 9.17) is 4.74 Å². The highest BCUT2D eigenvalue weighted by atomic mass is 32.1. The number of ether oxygens (including phenoxy) is 1. The summed E-state index contributed by atoms with van der Waals surface area (Å²) < 4.78 is 5.58. The van der Waals surface area contributed by atoms with Gasteiger partial charge in [0.05, 0.1) is 11.5 Å².